The summed E-state index contributed by atoms with van der Waals surface area (Å²) >= 11 is 0. The number of aliphatic hydroxyl groups is 1. The summed E-state index contributed by atoms with van der Waals surface area (Å²) in [5.41, 5.74) is 5.06. The molecule has 2 saturated heterocycles. The fourth-order valence-electron chi connectivity index (χ4n) is 3.59. The van der Waals surface area contributed by atoms with E-state index in [-0.39, 0.29) is 23.5 Å². The van der Waals surface area contributed by atoms with Crippen molar-refractivity contribution >= 4 is 5.97 Å². The van der Waals surface area contributed by atoms with Gasteiger partial charge in [-0.25, -0.2) is 0 Å². The quantitative estimate of drug-likeness (QED) is 0.533. The second kappa shape index (κ2) is 2.31. The van der Waals surface area contributed by atoms with E-state index in [9.17, 15) is 9.90 Å². The summed E-state index contributed by atoms with van der Waals surface area (Å²) in [5.74, 6) is -0.329. The average molecular weight is 197 g/mol. The Kier molecular flexibility index (Phi) is 1.43. The topological polar surface area (TPSA) is 72.5 Å². The molecule has 4 unspecified atom stereocenters. The maximum absolute atomic E-state index is 11.6. The molecule has 14 heavy (non-hydrogen) atoms. The van der Waals surface area contributed by atoms with Gasteiger partial charge in [-0.2, -0.15) is 0 Å². The molecule has 4 heteroatoms. The molecule has 78 valence electrons. The summed E-state index contributed by atoms with van der Waals surface area (Å²) in [5, 5.41) is 10.3. The Morgan fingerprint density at radius 3 is 2.86 bits per heavy atom. The molecule has 0 aromatic carbocycles. The Morgan fingerprint density at radius 2 is 2.14 bits per heavy atom. The molecule has 0 aromatic rings. The fourth-order valence-corrected chi connectivity index (χ4v) is 3.59. The highest BCUT2D eigenvalue weighted by atomic mass is 16.5. The first-order valence-electron chi connectivity index (χ1n) is 5.20. The molecular weight excluding hydrogens is 182 g/mol. The monoisotopic (exact) mass is 197 g/mol. The van der Waals surface area contributed by atoms with Crippen molar-refractivity contribution in [2.75, 3.05) is 0 Å². The zero-order valence-corrected chi connectivity index (χ0v) is 8.03. The van der Waals surface area contributed by atoms with Crippen molar-refractivity contribution in [1.29, 1.82) is 0 Å². The number of carbonyl (C=O) groups excluding carboxylic acids is 1. The van der Waals surface area contributed by atoms with Crippen LogP contribution in [0.4, 0.5) is 0 Å². The molecule has 4 nitrogen and oxygen atoms in total. The molecule has 0 amide bonds. The molecule has 4 rings (SSSR count). The Morgan fingerprint density at radius 1 is 1.36 bits per heavy atom. The average Bonchev–Trinajstić information content (AvgIpc) is 2.09. The Hall–Kier alpha value is -0.610. The molecule has 4 bridgehead atoms. The van der Waals surface area contributed by atoms with Gasteiger partial charge in [0, 0.05) is 18.4 Å². The van der Waals surface area contributed by atoms with Gasteiger partial charge in [0.05, 0.1) is 11.5 Å². The van der Waals surface area contributed by atoms with Gasteiger partial charge in [0.25, 0.3) is 0 Å². The largest absolute Gasteiger partial charge is 0.462 e. The Bertz CT molecular complexity index is 286. The lowest BCUT2D eigenvalue weighted by Gasteiger charge is -2.48. The molecule has 0 radical (unpaired) electrons. The normalized spacial score (nSPS) is 55.7. The lowest BCUT2D eigenvalue weighted by atomic mass is 9.62. The zero-order chi connectivity index (χ0) is 9.97. The molecule has 2 heterocycles. The lowest BCUT2D eigenvalue weighted by Crippen LogP contribution is -2.59. The lowest BCUT2D eigenvalue weighted by molar-refractivity contribution is -0.151. The zero-order valence-electron chi connectivity index (χ0n) is 8.03. The van der Waals surface area contributed by atoms with E-state index in [0.29, 0.717) is 25.7 Å². The van der Waals surface area contributed by atoms with Crippen LogP contribution >= 0.6 is 0 Å². The van der Waals surface area contributed by atoms with Gasteiger partial charge >= 0.3 is 5.97 Å². The van der Waals surface area contributed by atoms with E-state index in [2.05, 4.69) is 0 Å². The van der Waals surface area contributed by atoms with Crippen LogP contribution in [-0.2, 0) is 9.53 Å². The van der Waals surface area contributed by atoms with Crippen LogP contribution in [0, 0.1) is 5.92 Å². The maximum atomic E-state index is 11.6. The second-order valence-corrected chi connectivity index (χ2v) is 5.34. The van der Waals surface area contributed by atoms with E-state index < -0.39 is 5.60 Å². The summed E-state index contributed by atoms with van der Waals surface area (Å²) in [6.07, 6.45) is 3.00. The van der Waals surface area contributed by atoms with Crippen LogP contribution in [-0.4, -0.2) is 28.3 Å². The molecule has 2 aliphatic carbocycles. The smallest absolute Gasteiger partial charge is 0.309 e. The molecule has 2 aliphatic heterocycles. The number of esters is 1. The second-order valence-electron chi connectivity index (χ2n) is 5.34. The van der Waals surface area contributed by atoms with E-state index in [0.717, 1.165) is 6.42 Å². The maximum Gasteiger partial charge on any atom is 0.309 e. The number of ether oxygens (including phenoxy) is 1. The van der Waals surface area contributed by atoms with Crippen LogP contribution < -0.4 is 5.73 Å². The van der Waals surface area contributed by atoms with Crippen LogP contribution in [0.25, 0.3) is 0 Å². The van der Waals surface area contributed by atoms with Crippen LogP contribution in [0.5, 0.6) is 0 Å². The van der Waals surface area contributed by atoms with Crippen molar-refractivity contribution < 1.29 is 14.6 Å². The predicted molar refractivity (Wildman–Crippen MR) is 48.3 cm³/mol. The Labute approximate surface area is 82.4 Å². The van der Waals surface area contributed by atoms with Gasteiger partial charge in [-0.15, -0.1) is 0 Å². The van der Waals surface area contributed by atoms with Crippen molar-refractivity contribution in [3.05, 3.63) is 0 Å². The number of fused-ring (bicyclic) bond motifs is 1. The minimum Gasteiger partial charge on any atom is -0.462 e. The summed E-state index contributed by atoms with van der Waals surface area (Å²) in [6.45, 7) is 0. The van der Waals surface area contributed by atoms with E-state index in [1.54, 1.807) is 0 Å². The molecule has 0 spiro atoms. The molecule has 3 N–H and O–H groups in total. The van der Waals surface area contributed by atoms with Crippen LogP contribution in [0.15, 0.2) is 0 Å². The van der Waals surface area contributed by atoms with Crippen molar-refractivity contribution in [1.82, 2.24) is 0 Å². The summed E-state index contributed by atoms with van der Waals surface area (Å²) in [7, 11) is 0. The molecule has 4 fully saturated rings. The highest BCUT2D eigenvalue weighted by Crippen LogP contribution is 2.50. The van der Waals surface area contributed by atoms with Crippen molar-refractivity contribution in [2.45, 2.75) is 49.3 Å². The molecule has 0 aromatic heterocycles. The number of rotatable bonds is 0. The van der Waals surface area contributed by atoms with Crippen molar-refractivity contribution in [3.8, 4) is 0 Å². The van der Waals surface area contributed by atoms with Crippen molar-refractivity contribution in [2.24, 2.45) is 11.7 Å². The summed E-state index contributed by atoms with van der Waals surface area (Å²) in [6, 6.07) is 0. The Balaban J connectivity index is 2.05. The van der Waals surface area contributed by atoms with E-state index >= 15 is 0 Å². The minimum atomic E-state index is -0.743. The highest BCUT2D eigenvalue weighted by Gasteiger charge is 2.56. The third-order valence-corrected chi connectivity index (χ3v) is 3.82. The SMILES string of the molecule is NC12CC3CC(O)(CC(C1)C(=O)O3)C2. The first-order chi connectivity index (χ1) is 6.48. The molecule has 4 atom stereocenters. The van der Waals surface area contributed by atoms with Gasteiger partial charge in [-0.05, 0) is 19.3 Å². The highest BCUT2D eigenvalue weighted by molar-refractivity contribution is 5.74. The van der Waals surface area contributed by atoms with Gasteiger partial charge in [-0.3, -0.25) is 4.79 Å². The van der Waals surface area contributed by atoms with Crippen LogP contribution in [0.1, 0.15) is 32.1 Å². The molecule has 2 saturated carbocycles. The number of hydrogen-bond donors (Lipinski definition) is 2. The standard InChI is InChI=1S/C10H15NO3/c11-9-1-6-2-10(13,5-9)4-7(3-9)14-8(6)12/h6-7,13H,1-5,11H2. The van der Waals surface area contributed by atoms with E-state index in [1.165, 1.54) is 0 Å². The summed E-state index contributed by atoms with van der Waals surface area (Å²) in [4.78, 5) is 11.6. The number of carbonyl (C=O) groups is 1. The van der Waals surface area contributed by atoms with Gasteiger partial charge in [0.2, 0.25) is 0 Å². The van der Waals surface area contributed by atoms with Crippen LogP contribution in [0.2, 0.25) is 0 Å². The fraction of sp³-hybridized carbons (Fsp3) is 0.900. The first kappa shape index (κ1) is 8.68. The number of nitrogens with two attached hydrogens (primary N) is 1. The molecule has 4 aliphatic rings. The third-order valence-electron chi connectivity index (χ3n) is 3.82. The van der Waals surface area contributed by atoms with E-state index in [1.807, 2.05) is 0 Å². The summed E-state index contributed by atoms with van der Waals surface area (Å²) < 4.78 is 5.29. The van der Waals surface area contributed by atoms with Gasteiger partial charge in [0.1, 0.15) is 6.10 Å². The molecular formula is C10H15NO3. The predicted octanol–water partition coefficient (Wildman–Crippen LogP) is -0.0657. The third kappa shape index (κ3) is 1.10. The first-order valence-corrected chi connectivity index (χ1v) is 5.20. The van der Waals surface area contributed by atoms with Crippen molar-refractivity contribution in [3.63, 3.8) is 0 Å². The van der Waals surface area contributed by atoms with Gasteiger partial charge < -0.3 is 15.6 Å². The van der Waals surface area contributed by atoms with Gasteiger partial charge in [-0.1, -0.05) is 0 Å². The van der Waals surface area contributed by atoms with E-state index in [4.69, 9.17) is 10.5 Å². The van der Waals surface area contributed by atoms with Crippen LogP contribution in [0.3, 0.4) is 0 Å². The minimum absolute atomic E-state index is 0.154. The van der Waals surface area contributed by atoms with Gasteiger partial charge in [0.15, 0.2) is 0 Å². The number of hydrogen-bond acceptors (Lipinski definition) is 4.